The zero-order valence-corrected chi connectivity index (χ0v) is 22.1. The first-order valence-corrected chi connectivity index (χ1v) is 12.7. The lowest BCUT2D eigenvalue weighted by Crippen LogP contribution is -2.60. The van der Waals surface area contributed by atoms with Crippen LogP contribution in [0.3, 0.4) is 0 Å². The molecule has 0 bridgehead atoms. The van der Waals surface area contributed by atoms with Crippen LogP contribution < -0.4 is 10.6 Å². The molecular weight excluding hydrogens is 446 g/mol. The topological polar surface area (TPSA) is 108 Å². The van der Waals surface area contributed by atoms with E-state index in [1.165, 1.54) is 4.90 Å². The second-order valence-electron chi connectivity index (χ2n) is 10.9. The third-order valence-electron chi connectivity index (χ3n) is 6.50. The molecule has 0 spiro atoms. The lowest BCUT2D eigenvalue weighted by atomic mass is 9.91. The standard InChI is InChI=1S/C27H43N3O5/c1-7-27(5,6)30(24(33)21(18-31)29-25(34)35-26(2,3)4)22(19-14-10-8-11-15-19)23(32)28-20-16-12-9-13-17-20/h8,10-11,14-15,20-22,31H,7,9,12-13,16-18H2,1-6H3,(H,28,32)(H,29,34). The lowest BCUT2D eigenvalue weighted by molar-refractivity contribution is -0.150. The number of hydrogen-bond acceptors (Lipinski definition) is 5. The number of carbonyl (C=O) groups excluding carboxylic acids is 3. The van der Waals surface area contributed by atoms with Crippen molar-refractivity contribution in [1.29, 1.82) is 0 Å². The van der Waals surface area contributed by atoms with E-state index in [-0.39, 0.29) is 11.9 Å². The van der Waals surface area contributed by atoms with Crippen LogP contribution in [-0.4, -0.2) is 57.7 Å². The molecule has 2 unspecified atom stereocenters. The zero-order valence-electron chi connectivity index (χ0n) is 22.1. The Morgan fingerprint density at radius 2 is 1.66 bits per heavy atom. The maximum absolute atomic E-state index is 13.9. The molecule has 8 heteroatoms. The van der Waals surface area contributed by atoms with Crippen LogP contribution in [0.1, 0.15) is 91.7 Å². The molecule has 35 heavy (non-hydrogen) atoms. The van der Waals surface area contributed by atoms with Crippen molar-refractivity contribution < 1.29 is 24.2 Å². The van der Waals surface area contributed by atoms with Crippen molar-refractivity contribution in [3.8, 4) is 0 Å². The second kappa shape index (κ2) is 12.4. The minimum atomic E-state index is -1.26. The van der Waals surface area contributed by atoms with Gasteiger partial charge in [-0.05, 0) is 59.4 Å². The fraction of sp³-hybridized carbons (Fsp3) is 0.667. The summed E-state index contributed by atoms with van der Waals surface area (Å²) in [7, 11) is 0. The summed E-state index contributed by atoms with van der Waals surface area (Å²) in [6, 6.07) is 7.06. The van der Waals surface area contributed by atoms with Crippen LogP contribution in [0.15, 0.2) is 30.3 Å². The summed E-state index contributed by atoms with van der Waals surface area (Å²) in [5.74, 6) is -0.801. The van der Waals surface area contributed by atoms with Crippen molar-refractivity contribution in [3.05, 3.63) is 35.9 Å². The van der Waals surface area contributed by atoms with Gasteiger partial charge in [-0.3, -0.25) is 9.59 Å². The van der Waals surface area contributed by atoms with E-state index in [0.717, 1.165) is 32.1 Å². The van der Waals surface area contributed by atoms with E-state index < -0.39 is 41.8 Å². The summed E-state index contributed by atoms with van der Waals surface area (Å²) in [6.45, 7) is 10.2. The lowest BCUT2D eigenvalue weighted by Gasteiger charge is -2.44. The minimum Gasteiger partial charge on any atom is -0.444 e. The molecule has 1 saturated carbocycles. The fourth-order valence-corrected chi connectivity index (χ4v) is 4.33. The van der Waals surface area contributed by atoms with Crippen LogP contribution in [0.4, 0.5) is 4.79 Å². The molecule has 1 aromatic carbocycles. The van der Waals surface area contributed by atoms with E-state index >= 15 is 0 Å². The van der Waals surface area contributed by atoms with Gasteiger partial charge in [-0.15, -0.1) is 0 Å². The molecule has 1 fully saturated rings. The number of alkyl carbamates (subject to hydrolysis) is 1. The molecule has 0 heterocycles. The molecule has 3 N–H and O–H groups in total. The van der Waals surface area contributed by atoms with Gasteiger partial charge in [-0.1, -0.05) is 56.5 Å². The number of nitrogens with one attached hydrogen (secondary N) is 2. The Bertz CT molecular complexity index is 844. The Morgan fingerprint density at radius 1 is 1.06 bits per heavy atom. The van der Waals surface area contributed by atoms with Gasteiger partial charge in [0.25, 0.3) is 0 Å². The van der Waals surface area contributed by atoms with Crippen molar-refractivity contribution in [3.63, 3.8) is 0 Å². The number of nitrogens with zero attached hydrogens (tertiary/aromatic N) is 1. The summed E-state index contributed by atoms with van der Waals surface area (Å²) in [5, 5.41) is 15.7. The molecule has 0 radical (unpaired) electrons. The average molecular weight is 490 g/mol. The van der Waals surface area contributed by atoms with Crippen molar-refractivity contribution in [2.75, 3.05) is 6.61 Å². The van der Waals surface area contributed by atoms with Crippen LogP contribution in [0, 0.1) is 0 Å². The number of aliphatic hydroxyl groups excluding tert-OH is 1. The van der Waals surface area contributed by atoms with Crippen molar-refractivity contribution in [2.24, 2.45) is 0 Å². The Hall–Kier alpha value is -2.61. The van der Waals surface area contributed by atoms with Gasteiger partial charge in [0.2, 0.25) is 11.8 Å². The quantitative estimate of drug-likeness (QED) is 0.484. The molecule has 2 atom stereocenters. The normalized spacial score (nSPS) is 16.7. The molecule has 3 amide bonds. The first-order valence-electron chi connectivity index (χ1n) is 12.7. The highest BCUT2D eigenvalue weighted by molar-refractivity contribution is 5.92. The molecule has 1 aliphatic carbocycles. The molecule has 0 aliphatic heterocycles. The summed E-state index contributed by atoms with van der Waals surface area (Å²) < 4.78 is 5.29. The van der Waals surface area contributed by atoms with E-state index in [0.29, 0.717) is 12.0 Å². The smallest absolute Gasteiger partial charge is 0.408 e. The Balaban J connectivity index is 2.44. The van der Waals surface area contributed by atoms with Crippen molar-refractivity contribution in [1.82, 2.24) is 15.5 Å². The van der Waals surface area contributed by atoms with Gasteiger partial charge in [-0.25, -0.2) is 4.79 Å². The Kier molecular flexibility index (Phi) is 10.1. The first kappa shape index (κ1) is 28.6. The number of carbonyl (C=O) groups is 3. The third-order valence-corrected chi connectivity index (χ3v) is 6.50. The van der Waals surface area contributed by atoms with Gasteiger partial charge in [0.05, 0.1) is 6.61 Å². The number of hydrogen-bond donors (Lipinski definition) is 3. The van der Waals surface area contributed by atoms with E-state index in [1.54, 1.807) is 20.8 Å². The summed E-state index contributed by atoms with van der Waals surface area (Å²) in [4.78, 5) is 41.6. The molecule has 8 nitrogen and oxygen atoms in total. The highest BCUT2D eigenvalue weighted by atomic mass is 16.6. The predicted octanol–water partition coefficient (Wildman–Crippen LogP) is 4.08. The monoisotopic (exact) mass is 489 g/mol. The van der Waals surface area contributed by atoms with Crippen LogP contribution in [0.2, 0.25) is 0 Å². The van der Waals surface area contributed by atoms with Gasteiger partial charge >= 0.3 is 6.09 Å². The summed E-state index contributed by atoms with van der Waals surface area (Å²) >= 11 is 0. The predicted molar refractivity (Wildman–Crippen MR) is 136 cm³/mol. The Morgan fingerprint density at radius 3 is 2.17 bits per heavy atom. The first-order chi connectivity index (χ1) is 16.4. The molecular formula is C27H43N3O5. The van der Waals surface area contributed by atoms with Crippen LogP contribution in [0.5, 0.6) is 0 Å². The second-order valence-corrected chi connectivity index (χ2v) is 10.9. The molecule has 0 saturated heterocycles. The maximum atomic E-state index is 13.9. The molecule has 1 aromatic rings. The number of aliphatic hydroxyl groups is 1. The summed E-state index contributed by atoms with van der Waals surface area (Å²) in [6.07, 6.45) is 4.88. The van der Waals surface area contributed by atoms with Crippen molar-refractivity contribution >= 4 is 17.9 Å². The van der Waals surface area contributed by atoms with Gasteiger partial charge in [-0.2, -0.15) is 0 Å². The number of benzene rings is 1. The number of rotatable bonds is 9. The van der Waals surface area contributed by atoms with E-state index in [2.05, 4.69) is 10.6 Å². The van der Waals surface area contributed by atoms with Gasteiger partial charge in [0.15, 0.2) is 0 Å². The molecule has 196 valence electrons. The zero-order chi connectivity index (χ0) is 26.2. The largest absolute Gasteiger partial charge is 0.444 e. The summed E-state index contributed by atoms with van der Waals surface area (Å²) in [5.41, 5.74) is -0.836. The van der Waals surface area contributed by atoms with Gasteiger partial charge in [0.1, 0.15) is 17.7 Å². The highest BCUT2D eigenvalue weighted by Crippen LogP contribution is 2.32. The number of amides is 3. The molecule has 0 aromatic heterocycles. The highest BCUT2D eigenvalue weighted by Gasteiger charge is 2.43. The maximum Gasteiger partial charge on any atom is 0.408 e. The Labute approximate surface area is 209 Å². The van der Waals surface area contributed by atoms with Crippen molar-refractivity contribution in [2.45, 2.75) is 109 Å². The van der Waals surface area contributed by atoms with E-state index in [1.807, 2.05) is 51.1 Å². The fourth-order valence-electron chi connectivity index (χ4n) is 4.33. The number of ether oxygens (including phenoxy) is 1. The van der Waals surface area contributed by atoms with Crippen LogP contribution in [0.25, 0.3) is 0 Å². The minimum absolute atomic E-state index is 0.0673. The van der Waals surface area contributed by atoms with Crippen LogP contribution >= 0.6 is 0 Å². The molecule has 2 rings (SSSR count). The van der Waals surface area contributed by atoms with E-state index in [4.69, 9.17) is 4.74 Å². The SMILES string of the molecule is CCC(C)(C)N(C(=O)C(CO)NC(=O)OC(C)(C)C)C(C(=O)NC1CCCCC1)c1ccccc1. The molecule has 1 aliphatic rings. The van der Waals surface area contributed by atoms with Crippen LogP contribution in [-0.2, 0) is 14.3 Å². The third kappa shape index (κ3) is 8.23. The van der Waals surface area contributed by atoms with Gasteiger partial charge < -0.3 is 25.4 Å². The average Bonchev–Trinajstić information content (AvgIpc) is 2.80. The van der Waals surface area contributed by atoms with Gasteiger partial charge in [0, 0.05) is 11.6 Å². The van der Waals surface area contributed by atoms with E-state index in [9.17, 15) is 19.5 Å².